The van der Waals surface area contributed by atoms with Crippen LogP contribution >= 0.6 is 0 Å². The highest BCUT2D eigenvalue weighted by molar-refractivity contribution is 4.93. The van der Waals surface area contributed by atoms with E-state index in [-0.39, 0.29) is 0 Å². The zero-order valence-corrected chi connectivity index (χ0v) is 10.6. The van der Waals surface area contributed by atoms with Gasteiger partial charge in [0.2, 0.25) is 0 Å². The summed E-state index contributed by atoms with van der Waals surface area (Å²) in [6, 6.07) is 1.59. The second-order valence-electron chi connectivity index (χ2n) is 5.00. The van der Waals surface area contributed by atoms with Crippen molar-refractivity contribution in [2.24, 2.45) is 0 Å². The van der Waals surface area contributed by atoms with Gasteiger partial charge in [-0.15, -0.1) is 0 Å². The molecule has 1 N–H and O–H groups in total. The van der Waals surface area contributed by atoms with E-state index in [1.54, 1.807) is 0 Å². The molecule has 2 heterocycles. The van der Waals surface area contributed by atoms with Crippen molar-refractivity contribution in [3.05, 3.63) is 0 Å². The second kappa shape index (κ2) is 6.58. The molecular weight excluding hydrogens is 200 g/mol. The van der Waals surface area contributed by atoms with E-state index >= 15 is 0 Å². The van der Waals surface area contributed by atoms with Crippen LogP contribution in [0.15, 0.2) is 0 Å². The molecule has 0 radical (unpaired) electrons. The van der Waals surface area contributed by atoms with Crippen molar-refractivity contribution in [2.45, 2.75) is 51.1 Å². The summed E-state index contributed by atoms with van der Waals surface area (Å²) in [5, 5.41) is 3.72. The van der Waals surface area contributed by atoms with Crippen LogP contribution in [0.1, 0.15) is 39.0 Å². The van der Waals surface area contributed by atoms with Crippen LogP contribution in [-0.2, 0) is 4.74 Å². The molecule has 2 atom stereocenters. The Morgan fingerprint density at radius 3 is 3.06 bits per heavy atom. The average molecular weight is 226 g/mol. The highest BCUT2D eigenvalue weighted by atomic mass is 16.5. The van der Waals surface area contributed by atoms with E-state index < -0.39 is 0 Å². The summed E-state index contributed by atoms with van der Waals surface area (Å²) in [7, 11) is 0. The van der Waals surface area contributed by atoms with E-state index in [1.807, 2.05) is 0 Å². The molecule has 3 nitrogen and oxygen atoms in total. The smallest absolute Gasteiger partial charge is 0.0477 e. The van der Waals surface area contributed by atoms with Gasteiger partial charge in [-0.1, -0.05) is 6.42 Å². The Kier molecular flexibility index (Phi) is 5.07. The van der Waals surface area contributed by atoms with Crippen molar-refractivity contribution in [1.29, 1.82) is 0 Å². The summed E-state index contributed by atoms with van der Waals surface area (Å²) in [4.78, 5) is 2.68. The lowest BCUT2D eigenvalue weighted by molar-refractivity contribution is 0.141. The van der Waals surface area contributed by atoms with Gasteiger partial charge in [-0.25, -0.2) is 0 Å². The fourth-order valence-electron chi connectivity index (χ4n) is 3.09. The first-order valence-corrected chi connectivity index (χ1v) is 6.97. The minimum absolute atomic E-state index is 0.752. The molecule has 0 aromatic rings. The number of rotatable bonds is 6. The molecule has 0 bridgehead atoms. The van der Waals surface area contributed by atoms with Crippen molar-refractivity contribution in [3.8, 4) is 0 Å². The van der Waals surface area contributed by atoms with Gasteiger partial charge in [0.05, 0.1) is 0 Å². The first-order valence-electron chi connectivity index (χ1n) is 6.97. The number of piperidine rings is 1. The number of nitrogens with one attached hydrogen (secondary N) is 1. The Morgan fingerprint density at radius 1 is 1.25 bits per heavy atom. The monoisotopic (exact) mass is 226 g/mol. The van der Waals surface area contributed by atoms with Gasteiger partial charge in [-0.3, -0.25) is 4.90 Å². The molecule has 0 saturated carbocycles. The second-order valence-corrected chi connectivity index (χ2v) is 5.00. The van der Waals surface area contributed by atoms with Gasteiger partial charge in [0.15, 0.2) is 0 Å². The number of fused-ring (bicyclic) bond motifs is 1. The zero-order chi connectivity index (χ0) is 11.2. The molecular formula is C13H26N2O. The number of hydrogen-bond acceptors (Lipinski definition) is 3. The van der Waals surface area contributed by atoms with Crippen molar-refractivity contribution in [3.63, 3.8) is 0 Å². The molecule has 0 amide bonds. The van der Waals surface area contributed by atoms with E-state index in [4.69, 9.17) is 4.74 Å². The van der Waals surface area contributed by atoms with Gasteiger partial charge >= 0.3 is 0 Å². The lowest BCUT2D eigenvalue weighted by Crippen LogP contribution is -2.45. The lowest BCUT2D eigenvalue weighted by atomic mass is 9.99. The molecule has 2 rings (SSSR count). The van der Waals surface area contributed by atoms with Crippen LogP contribution in [-0.4, -0.2) is 49.8 Å². The predicted octanol–water partition coefficient (Wildman–Crippen LogP) is 1.63. The van der Waals surface area contributed by atoms with Gasteiger partial charge in [0, 0.05) is 31.8 Å². The van der Waals surface area contributed by atoms with Gasteiger partial charge in [-0.05, 0) is 45.7 Å². The number of ether oxygens (including phenoxy) is 1. The maximum absolute atomic E-state index is 5.35. The van der Waals surface area contributed by atoms with Crippen LogP contribution in [0.2, 0.25) is 0 Å². The Labute approximate surface area is 99.5 Å². The lowest BCUT2D eigenvalue weighted by Gasteiger charge is -2.32. The first kappa shape index (κ1) is 12.3. The van der Waals surface area contributed by atoms with Crippen LogP contribution in [0.5, 0.6) is 0 Å². The minimum atomic E-state index is 0.752. The van der Waals surface area contributed by atoms with Crippen LogP contribution < -0.4 is 5.32 Å². The highest BCUT2D eigenvalue weighted by Crippen LogP contribution is 2.26. The highest BCUT2D eigenvalue weighted by Gasteiger charge is 2.34. The summed E-state index contributed by atoms with van der Waals surface area (Å²) in [6.07, 6.45) is 6.74. The van der Waals surface area contributed by atoms with Gasteiger partial charge < -0.3 is 10.1 Å². The van der Waals surface area contributed by atoms with E-state index in [1.165, 1.54) is 38.8 Å². The molecule has 0 spiro atoms. The fraction of sp³-hybridized carbons (Fsp3) is 1.00. The first-order chi connectivity index (χ1) is 7.92. The Bertz CT molecular complexity index is 198. The third-order valence-corrected chi connectivity index (χ3v) is 3.93. The van der Waals surface area contributed by atoms with Gasteiger partial charge in [-0.2, -0.15) is 0 Å². The maximum atomic E-state index is 5.35. The molecule has 2 saturated heterocycles. The summed E-state index contributed by atoms with van der Waals surface area (Å²) in [6.45, 7) is 7.58. The minimum Gasteiger partial charge on any atom is -0.382 e. The summed E-state index contributed by atoms with van der Waals surface area (Å²) in [5.74, 6) is 0. The third-order valence-electron chi connectivity index (χ3n) is 3.93. The molecule has 16 heavy (non-hydrogen) atoms. The third kappa shape index (κ3) is 3.19. The quantitative estimate of drug-likeness (QED) is 0.697. The predicted molar refractivity (Wildman–Crippen MR) is 66.7 cm³/mol. The summed E-state index contributed by atoms with van der Waals surface area (Å²) in [5.41, 5.74) is 0. The van der Waals surface area contributed by atoms with E-state index in [0.717, 1.165) is 38.3 Å². The molecule has 2 unspecified atom stereocenters. The van der Waals surface area contributed by atoms with Crippen LogP contribution in [0.4, 0.5) is 0 Å². The summed E-state index contributed by atoms with van der Waals surface area (Å²) >= 11 is 0. The van der Waals surface area contributed by atoms with E-state index in [0.29, 0.717) is 0 Å². The SMILES string of the molecule is CCOCCCNC1CCN2CCCCC12. The topological polar surface area (TPSA) is 24.5 Å². The average Bonchev–Trinajstić information content (AvgIpc) is 2.73. The largest absolute Gasteiger partial charge is 0.382 e. The van der Waals surface area contributed by atoms with Gasteiger partial charge in [0.25, 0.3) is 0 Å². The van der Waals surface area contributed by atoms with E-state index in [9.17, 15) is 0 Å². The Morgan fingerprint density at radius 2 is 2.19 bits per heavy atom. The van der Waals surface area contributed by atoms with Crippen molar-refractivity contribution < 1.29 is 4.74 Å². The van der Waals surface area contributed by atoms with Crippen LogP contribution in [0, 0.1) is 0 Å². The standard InChI is InChI=1S/C13H26N2O/c1-2-16-11-5-8-14-12-7-10-15-9-4-3-6-13(12)15/h12-14H,2-11H2,1H3. The summed E-state index contributed by atoms with van der Waals surface area (Å²) < 4.78 is 5.35. The normalized spacial score (nSPS) is 30.6. The molecule has 2 aliphatic heterocycles. The molecule has 0 aliphatic carbocycles. The Hall–Kier alpha value is -0.120. The molecule has 94 valence electrons. The van der Waals surface area contributed by atoms with Crippen molar-refractivity contribution in [1.82, 2.24) is 10.2 Å². The molecule has 2 fully saturated rings. The van der Waals surface area contributed by atoms with Gasteiger partial charge in [0.1, 0.15) is 0 Å². The van der Waals surface area contributed by atoms with Crippen LogP contribution in [0.25, 0.3) is 0 Å². The molecule has 3 heteroatoms. The maximum Gasteiger partial charge on any atom is 0.0477 e. The van der Waals surface area contributed by atoms with Crippen molar-refractivity contribution in [2.75, 3.05) is 32.8 Å². The van der Waals surface area contributed by atoms with E-state index in [2.05, 4.69) is 17.1 Å². The Balaban J connectivity index is 1.62. The molecule has 0 aromatic heterocycles. The number of nitrogens with zero attached hydrogens (tertiary/aromatic N) is 1. The van der Waals surface area contributed by atoms with Crippen molar-refractivity contribution >= 4 is 0 Å². The zero-order valence-electron chi connectivity index (χ0n) is 10.6. The number of hydrogen-bond donors (Lipinski definition) is 1. The van der Waals surface area contributed by atoms with Crippen LogP contribution in [0.3, 0.4) is 0 Å². The molecule has 0 aromatic carbocycles. The molecule has 2 aliphatic rings. The fourth-order valence-corrected chi connectivity index (χ4v) is 3.09.